The molecule has 3 aromatic rings. The van der Waals surface area contributed by atoms with Crippen molar-refractivity contribution in [3.8, 4) is 17.2 Å². The number of carbonyl (C=O) groups is 1. The van der Waals surface area contributed by atoms with Gasteiger partial charge in [0.05, 0.1) is 19.8 Å². The highest BCUT2D eigenvalue weighted by Gasteiger charge is 2.59. The van der Waals surface area contributed by atoms with Crippen molar-refractivity contribution in [1.82, 2.24) is 0 Å². The third kappa shape index (κ3) is 2.70. The van der Waals surface area contributed by atoms with Crippen LogP contribution in [0.4, 0.5) is 0 Å². The predicted molar refractivity (Wildman–Crippen MR) is 112 cm³/mol. The maximum absolute atomic E-state index is 14.2. The monoisotopic (exact) mass is 388 g/mol. The first kappa shape index (κ1) is 19.1. The van der Waals surface area contributed by atoms with Gasteiger partial charge in [0.15, 0.2) is 17.3 Å². The second-order valence-corrected chi connectivity index (χ2v) is 7.63. The standard InChI is InChI=1S/C25H24O4/c1-24(2)25(17-11-7-5-8-12-17,18-13-9-6-10-14-18)23(26)19-15-21(27-3)22(28-4)16-20(19)29-24/h5-16H,1-4H3. The molecular formula is C25H24O4. The molecule has 4 nitrogen and oxygen atoms in total. The molecule has 0 amide bonds. The summed E-state index contributed by atoms with van der Waals surface area (Å²) in [6, 6.07) is 23.1. The molecule has 0 aliphatic carbocycles. The van der Waals surface area contributed by atoms with E-state index >= 15 is 0 Å². The Hall–Kier alpha value is -3.27. The fraction of sp³-hybridized carbons (Fsp3) is 0.240. The minimum Gasteiger partial charge on any atom is -0.493 e. The van der Waals surface area contributed by atoms with Gasteiger partial charge in [0.2, 0.25) is 0 Å². The molecule has 0 N–H and O–H groups in total. The summed E-state index contributed by atoms with van der Waals surface area (Å²) in [6.45, 7) is 3.93. The number of hydrogen-bond donors (Lipinski definition) is 0. The maximum Gasteiger partial charge on any atom is 0.185 e. The third-order valence-corrected chi connectivity index (χ3v) is 5.75. The van der Waals surface area contributed by atoms with Gasteiger partial charge in [-0.05, 0) is 31.0 Å². The zero-order valence-electron chi connectivity index (χ0n) is 17.1. The van der Waals surface area contributed by atoms with E-state index in [4.69, 9.17) is 14.2 Å². The Bertz CT molecular complexity index is 1000. The fourth-order valence-corrected chi connectivity index (χ4v) is 4.45. The second-order valence-electron chi connectivity index (χ2n) is 7.63. The van der Waals surface area contributed by atoms with Crippen molar-refractivity contribution in [2.24, 2.45) is 0 Å². The first-order chi connectivity index (χ1) is 14.0. The average molecular weight is 388 g/mol. The molecule has 0 atom stereocenters. The van der Waals surface area contributed by atoms with Crippen LogP contribution in [0.1, 0.15) is 35.3 Å². The van der Waals surface area contributed by atoms with Gasteiger partial charge < -0.3 is 14.2 Å². The largest absolute Gasteiger partial charge is 0.493 e. The van der Waals surface area contributed by atoms with E-state index in [1.807, 2.05) is 74.5 Å². The van der Waals surface area contributed by atoms with Gasteiger partial charge in [0, 0.05) is 6.07 Å². The number of fused-ring (bicyclic) bond motifs is 1. The Kier molecular flexibility index (Phi) is 4.58. The molecule has 4 heteroatoms. The highest BCUT2D eigenvalue weighted by atomic mass is 16.5. The number of rotatable bonds is 4. The number of methoxy groups -OCH3 is 2. The molecule has 0 fully saturated rings. The van der Waals surface area contributed by atoms with Crippen LogP contribution in [0.15, 0.2) is 72.8 Å². The smallest absolute Gasteiger partial charge is 0.185 e. The summed E-state index contributed by atoms with van der Waals surface area (Å²) >= 11 is 0. The van der Waals surface area contributed by atoms with Crippen LogP contribution in [0.3, 0.4) is 0 Å². The highest BCUT2D eigenvalue weighted by Crippen LogP contribution is 2.52. The van der Waals surface area contributed by atoms with Crippen molar-refractivity contribution in [1.29, 1.82) is 0 Å². The number of benzene rings is 3. The molecule has 0 saturated heterocycles. The topological polar surface area (TPSA) is 44.8 Å². The van der Waals surface area contributed by atoms with Crippen LogP contribution in [0.5, 0.6) is 17.2 Å². The van der Waals surface area contributed by atoms with Crippen molar-refractivity contribution < 1.29 is 19.0 Å². The Balaban J connectivity index is 2.06. The van der Waals surface area contributed by atoms with Crippen molar-refractivity contribution in [3.63, 3.8) is 0 Å². The van der Waals surface area contributed by atoms with Gasteiger partial charge in [0.1, 0.15) is 16.8 Å². The molecule has 0 bridgehead atoms. The lowest BCUT2D eigenvalue weighted by Crippen LogP contribution is -2.59. The van der Waals surface area contributed by atoms with Crippen molar-refractivity contribution in [2.45, 2.75) is 24.9 Å². The lowest BCUT2D eigenvalue weighted by molar-refractivity contribution is 0.0220. The van der Waals surface area contributed by atoms with Crippen molar-refractivity contribution >= 4 is 5.78 Å². The van der Waals surface area contributed by atoms with E-state index in [2.05, 4.69) is 0 Å². The fourth-order valence-electron chi connectivity index (χ4n) is 4.45. The second kappa shape index (κ2) is 6.96. The van der Waals surface area contributed by atoms with Crippen LogP contribution >= 0.6 is 0 Å². The van der Waals surface area contributed by atoms with Crippen LogP contribution in [0, 0.1) is 0 Å². The molecule has 0 aromatic heterocycles. The number of Topliss-reactive ketones (excluding diaryl/α,β-unsaturated/α-hetero) is 1. The molecule has 0 spiro atoms. The van der Waals surface area contributed by atoms with E-state index in [9.17, 15) is 4.79 Å². The van der Waals surface area contributed by atoms with E-state index in [1.165, 1.54) is 0 Å². The maximum atomic E-state index is 14.2. The Morgan fingerprint density at radius 1 is 0.759 bits per heavy atom. The molecule has 1 heterocycles. The van der Waals surface area contributed by atoms with Gasteiger partial charge in [-0.3, -0.25) is 4.79 Å². The molecule has 0 radical (unpaired) electrons. The van der Waals surface area contributed by atoms with Crippen molar-refractivity contribution in [3.05, 3.63) is 89.5 Å². The summed E-state index contributed by atoms with van der Waals surface area (Å²) in [5.74, 6) is 1.50. The summed E-state index contributed by atoms with van der Waals surface area (Å²) in [6.07, 6.45) is 0. The number of ether oxygens (including phenoxy) is 3. The van der Waals surface area contributed by atoms with Gasteiger partial charge in [-0.2, -0.15) is 0 Å². The first-order valence-corrected chi connectivity index (χ1v) is 9.56. The van der Waals surface area contributed by atoms with Crippen molar-refractivity contribution in [2.75, 3.05) is 14.2 Å². The average Bonchev–Trinajstić information content (AvgIpc) is 2.74. The highest BCUT2D eigenvalue weighted by molar-refractivity contribution is 6.11. The normalized spacial score (nSPS) is 16.5. The Labute approximate surface area is 171 Å². The van der Waals surface area contributed by atoms with Gasteiger partial charge in [-0.25, -0.2) is 0 Å². The van der Waals surface area contributed by atoms with Gasteiger partial charge >= 0.3 is 0 Å². The molecule has 148 valence electrons. The molecule has 3 aromatic carbocycles. The number of hydrogen-bond acceptors (Lipinski definition) is 4. The van der Waals surface area contributed by atoms with Gasteiger partial charge in [0.25, 0.3) is 0 Å². The van der Waals surface area contributed by atoms with Crippen LogP contribution < -0.4 is 14.2 Å². The predicted octanol–water partition coefficient (Wildman–Crippen LogP) is 5.04. The molecule has 1 aliphatic rings. The lowest BCUT2D eigenvalue weighted by atomic mass is 9.59. The summed E-state index contributed by atoms with van der Waals surface area (Å²) in [4.78, 5) is 14.2. The van der Waals surface area contributed by atoms with E-state index in [-0.39, 0.29) is 5.78 Å². The molecule has 0 saturated carbocycles. The number of carbonyl (C=O) groups excluding carboxylic acids is 1. The zero-order chi connectivity index (χ0) is 20.6. The summed E-state index contributed by atoms with van der Waals surface area (Å²) < 4.78 is 17.4. The van der Waals surface area contributed by atoms with Crippen LogP contribution in [-0.2, 0) is 5.41 Å². The van der Waals surface area contributed by atoms with Crippen LogP contribution in [0.25, 0.3) is 0 Å². The Morgan fingerprint density at radius 2 is 1.24 bits per heavy atom. The summed E-state index contributed by atoms with van der Waals surface area (Å²) in [7, 11) is 3.13. The minimum atomic E-state index is -1.01. The zero-order valence-corrected chi connectivity index (χ0v) is 17.1. The summed E-state index contributed by atoms with van der Waals surface area (Å²) in [5.41, 5.74) is 0.402. The van der Waals surface area contributed by atoms with E-state index in [0.29, 0.717) is 22.8 Å². The molecule has 1 aliphatic heterocycles. The lowest BCUT2D eigenvalue weighted by Gasteiger charge is -2.49. The molecular weight excluding hydrogens is 364 g/mol. The summed E-state index contributed by atoms with van der Waals surface area (Å²) in [5, 5.41) is 0. The van der Waals surface area contributed by atoms with E-state index < -0.39 is 11.0 Å². The molecule has 29 heavy (non-hydrogen) atoms. The van der Waals surface area contributed by atoms with E-state index in [1.54, 1.807) is 26.4 Å². The molecule has 0 unspecified atom stereocenters. The Morgan fingerprint density at radius 3 is 1.72 bits per heavy atom. The molecule has 4 rings (SSSR count). The quantitative estimate of drug-likeness (QED) is 0.628. The SMILES string of the molecule is COc1cc2c(cc1OC)C(=O)C(c1ccccc1)(c1ccccc1)C(C)(C)O2. The van der Waals surface area contributed by atoms with Crippen LogP contribution in [-0.4, -0.2) is 25.6 Å². The minimum absolute atomic E-state index is 0.0258. The first-order valence-electron chi connectivity index (χ1n) is 9.56. The van der Waals surface area contributed by atoms with E-state index in [0.717, 1.165) is 11.1 Å². The van der Waals surface area contributed by atoms with Gasteiger partial charge in [-0.15, -0.1) is 0 Å². The van der Waals surface area contributed by atoms with Gasteiger partial charge in [-0.1, -0.05) is 60.7 Å². The van der Waals surface area contributed by atoms with Crippen LogP contribution in [0.2, 0.25) is 0 Å². The third-order valence-electron chi connectivity index (χ3n) is 5.75. The number of ketones is 1.